The largest absolute Gasteiger partial charge is 0.465 e. The van der Waals surface area contributed by atoms with Gasteiger partial charge in [-0.05, 0) is 24.6 Å². The van der Waals surface area contributed by atoms with Crippen molar-refractivity contribution in [2.75, 3.05) is 37.9 Å². The third-order valence-corrected chi connectivity index (χ3v) is 3.84. The number of aryl methyl sites for hydroxylation is 1. The van der Waals surface area contributed by atoms with Gasteiger partial charge in [0.2, 0.25) is 0 Å². The molecule has 1 aliphatic rings. The minimum Gasteiger partial charge on any atom is -0.465 e. The number of rotatable bonds is 4. The molecular weight excluding hydrogens is 272 g/mol. The van der Waals surface area contributed by atoms with Crippen molar-refractivity contribution in [3.05, 3.63) is 23.3 Å². The van der Waals surface area contributed by atoms with Crippen LogP contribution in [0.25, 0.3) is 0 Å². The molecule has 0 aromatic heterocycles. The maximum atomic E-state index is 11.7. The van der Waals surface area contributed by atoms with E-state index >= 15 is 0 Å². The van der Waals surface area contributed by atoms with Gasteiger partial charge in [0.1, 0.15) is 0 Å². The van der Waals surface area contributed by atoms with Crippen LogP contribution in [0.15, 0.2) is 12.1 Å². The van der Waals surface area contributed by atoms with Crippen LogP contribution in [0.5, 0.6) is 0 Å². The van der Waals surface area contributed by atoms with E-state index in [0.717, 1.165) is 11.3 Å². The molecule has 1 aliphatic heterocycles. The Bertz CT molecular complexity index is 525. The van der Waals surface area contributed by atoms with Gasteiger partial charge < -0.3 is 25.6 Å². The Morgan fingerprint density at radius 1 is 1.48 bits per heavy atom. The normalized spacial score (nSPS) is 17.3. The quantitative estimate of drug-likeness (QED) is 0.573. The maximum absolute atomic E-state index is 11.7. The van der Waals surface area contributed by atoms with Gasteiger partial charge in [0.25, 0.3) is 0 Å². The molecule has 0 bridgehead atoms. The molecule has 1 aromatic rings. The lowest BCUT2D eigenvalue weighted by atomic mass is 9.94. The number of carbonyl (C=O) groups excluding carboxylic acids is 1. The number of esters is 1. The highest BCUT2D eigenvalue weighted by atomic mass is 16.5. The summed E-state index contributed by atoms with van der Waals surface area (Å²) in [6, 6.07) is 3.50. The van der Waals surface area contributed by atoms with Crippen molar-refractivity contribution in [2.24, 2.45) is 0 Å². The fourth-order valence-electron chi connectivity index (χ4n) is 2.37. The van der Waals surface area contributed by atoms with Crippen molar-refractivity contribution >= 4 is 17.3 Å². The smallest absolute Gasteiger partial charge is 0.340 e. The van der Waals surface area contributed by atoms with E-state index in [0.29, 0.717) is 43.9 Å². The van der Waals surface area contributed by atoms with Crippen molar-refractivity contribution in [2.45, 2.75) is 25.4 Å². The average Bonchev–Trinajstić information content (AvgIpc) is 2.48. The molecule has 1 fully saturated rings. The average molecular weight is 294 g/mol. The first-order valence-corrected chi connectivity index (χ1v) is 6.98. The molecule has 0 amide bonds. The number of anilines is 2. The van der Waals surface area contributed by atoms with Gasteiger partial charge in [-0.3, -0.25) is 0 Å². The van der Waals surface area contributed by atoms with Gasteiger partial charge in [-0.1, -0.05) is 0 Å². The lowest BCUT2D eigenvalue weighted by Gasteiger charge is -2.32. The molecule has 6 heteroatoms. The first kappa shape index (κ1) is 15.6. The minimum absolute atomic E-state index is 0.332. The summed E-state index contributed by atoms with van der Waals surface area (Å²) in [6.07, 6.45) is 1.19. The van der Waals surface area contributed by atoms with Crippen molar-refractivity contribution < 1.29 is 19.4 Å². The zero-order valence-corrected chi connectivity index (χ0v) is 12.4. The van der Waals surface area contributed by atoms with Crippen LogP contribution < -0.4 is 11.1 Å². The standard InChI is InChI=1S/C15H22N2O4/c1-10-7-11(8-12(13(10)16)14(18)20-2)17-9-15(19)3-5-21-6-4-15/h7-8,17,19H,3-6,9,16H2,1-2H3. The summed E-state index contributed by atoms with van der Waals surface area (Å²) in [4.78, 5) is 11.7. The van der Waals surface area contributed by atoms with Crippen LogP contribution in [-0.2, 0) is 9.47 Å². The molecule has 116 valence electrons. The van der Waals surface area contributed by atoms with Crippen LogP contribution in [0.3, 0.4) is 0 Å². The molecule has 1 aromatic carbocycles. The van der Waals surface area contributed by atoms with Gasteiger partial charge in [-0.25, -0.2) is 4.79 Å². The molecule has 6 nitrogen and oxygen atoms in total. The topological polar surface area (TPSA) is 93.8 Å². The van der Waals surface area contributed by atoms with Gasteiger partial charge in [0, 0.05) is 44.0 Å². The molecule has 1 saturated heterocycles. The summed E-state index contributed by atoms with van der Waals surface area (Å²) < 4.78 is 9.98. The van der Waals surface area contributed by atoms with Crippen molar-refractivity contribution in [1.82, 2.24) is 0 Å². The first-order chi connectivity index (χ1) is 9.95. The SMILES string of the molecule is COC(=O)c1cc(NCC2(O)CCOCC2)cc(C)c1N. The van der Waals surface area contributed by atoms with E-state index in [1.165, 1.54) is 7.11 Å². The summed E-state index contributed by atoms with van der Waals surface area (Å²) in [7, 11) is 1.32. The Balaban J connectivity index is 2.13. The zero-order chi connectivity index (χ0) is 15.5. The Morgan fingerprint density at radius 2 is 2.14 bits per heavy atom. The number of methoxy groups -OCH3 is 1. The number of benzene rings is 1. The third-order valence-electron chi connectivity index (χ3n) is 3.84. The number of aliphatic hydroxyl groups is 1. The fraction of sp³-hybridized carbons (Fsp3) is 0.533. The Kier molecular flexibility index (Phi) is 4.69. The number of nitrogen functional groups attached to an aromatic ring is 1. The predicted octanol–water partition coefficient (Wildman–Crippen LogP) is 1.32. The number of nitrogens with two attached hydrogens (primary N) is 1. The molecule has 0 unspecified atom stereocenters. The predicted molar refractivity (Wildman–Crippen MR) is 80.4 cm³/mol. The summed E-state index contributed by atoms with van der Waals surface area (Å²) >= 11 is 0. The monoisotopic (exact) mass is 294 g/mol. The van der Waals surface area contributed by atoms with Gasteiger partial charge in [0.05, 0.1) is 18.3 Å². The highest BCUT2D eigenvalue weighted by Crippen LogP contribution is 2.26. The Morgan fingerprint density at radius 3 is 2.76 bits per heavy atom. The molecule has 21 heavy (non-hydrogen) atoms. The van der Waals surface area contributed by atoms with E-state index in [1.54, 1.807) is 6.07 Å². The van der Waals surface area contributed by atoms with Crippen LogP contribution in [0.2, 0.25) is 0 Å². The molecule has 0 radical (unpaired) electrons. The van der Waals surface area contributed by atoms with Crippen LogP contribution in [0.1, 0.15) is 28.8 Å². The van der Waals surface area contributed by atoms with E-state index in [-0.39, 0.29) is 0 Å². The van der Waals surface area contributed by atoms with E-state index in [9.17, 15) is 9.90 Å². The molecule has 0 aliphatic carbocycles. The second-order valence-corrected chi connectivity index (χ2v) is 5.44. The third kappa shape index (κ3) is 3.65. The lowest BCUT2D eigenvalue weighted by molar-refractivity contribution is -0.0543. The number of hydrogen-bond donors (Lipinski definition) is 3. The maximum Gasteiger partial charge on any atom is 0.340 e. The summed E-state index contributed by atoms with van der Waals surface area (Å²) in [5.41, 5.74) is 7.40. The van der Waals surface area contributed by atoms with E-state index in [2.05, 4.69) is 5.32 Å². The Labute approximate surface area is 124 Å². The second-order valence-electron chi connectivity index (χ2n) is 5.44. The number of ether oxygens (including phenoxy) is 2. The van der Waals surface area contributed by atoms with Gasteiger partial charge in [-0.2, -0.15) is 0 Å². The molecular formula is C15H22N2O4. The summed E-state index contributed by atoms with van der Waals surface area (Å²) in [5.74, 6) is -0.468. The van der Waals surface area contributed by atoms with Crippen LogP contribution in [0, 0.1) is 6.92 Å². The molecule has 1 heterocycles. The van der Waals surface area contributed by atoms with Crippen LogP contribution in [-0.4, -0.2) is 43.5 Å². The first-order valence-electron chi connectivity index (χ1n) is 6.98. The lowest BCUT2D eigenvalue weighted by Crippen LogP contribution is -2.42. The molecule has 2 rings (SSSR count). The molecule has 0 spiro atoms. The van der Waals surface area contributed by atoms with Crippen molar-refractivity contribution in [3.63, 3.8) is 0 Å². The van der Waals surface area contributed by atoms with E-state index in [4.69, 9.17) is 15.2 Å². The fourth-order valence-corrected chi connectivity index (χ4v) is 2.37. The highest BCUT2D eigenvalue weighted by Gasteiger charge is 2.29. The minimum atomic E-state index is -0.779. The molecule has 0 atom stereocenters. The number of hydrogen-bond acceptors (Lipinski definition) is 6. The summed E-state index contributed by atoms with van der Waals surface area (Å²) in [6.45, 7) is 3.36. The molecule has 4 N–H and O–H groups in total. The second kappa shape index (κ2) is 6.32. The number of nitrogens with one attached hydrogen (secondary N) is 1. The van der Waals surface area contributed by atoms with E-state index in [1.807, 2.05) is 13.0 Å². The van der Waals surface area contributed by atoms with Crippen LogP contribution in [0.4, 0.5) is 11.4 Å². The number of carbonyl (C=O) groups is 1. The Hall–Kier alpha value is -1.79. The van der Waals surface area contributed by atoms with Crippen molar-refractivity contribution in [3.8, 4) is 0 Å². The van der Waals surface area contributed by atoms with Gasteiger partial charge in [0.15, 0.2) is 0 Å². The summed E-state index contributed by atoms with van der Waals surface area (Å²) in [5, 5.41) is 13.6. The zero-order valence-electron chi connectivity index (χ0n) is 12.4. The van der Waals surface area contributed by atoms with Gasteiger partial charge >= 0.3 is 5.97 Å². The van der Waals surface area contributed by atoms with Crippen molar-refractivity contribution in [1.29, 1.82) is 0 Å². The van der Waals surface area contributed by atoms with E-state index < -0.39 is 11.6 Å². The van der Waals surface area contributed by atoms with Crippen LogP contribution >= 0.6 is 0 Å². The van der Waals surface area contributed by atoms with Gasteiger partial charge in [-0.15, -0.1) is 0 Å². The molecule has 0 saturated carbocycles. The highest BCUT2D eigenvalue weighted by molar-refractivity contribution is 5.97.